The first-order valence-electron chi connectivity index (χ1n) is 3.50. The van der Waals surface area contributed by atoms with Crippen molar-refractivity contribution in [2.45, 2.75) is 5.88 Å². The van der Waals surface area contributed by atoms with Crippen molar-refractivity contribution in [3.8, 4) is 0 Å². The second-order valence-corrected chi connectivity index (χ2v) is 3.88. The Morgan fingerprint density at radius 3 is 3.00 bits per heavy atom. The SMILES string of the molecule is ClCc1nc2c(I)cccc2[nH]1. The van der Waals surface area contributed by atoms with Gasteiger partial charge in [0.05, 0.1) is 11.4 Å². The number of para-hydroxylation sites is 1. The zero-order valence-corrected chi connectivity index (χ0v) is 9.06. The van der Waals surface area contributed by atoms with Crippen LogP contribution in [0, 0.1) is 3.57 Å². The van der Waals surface area contributed by atoms with Gasteiger partial charge >= 0.3 is 0 Å². The van der Waals surface area contributed by atoms with E-state index in [1.54, 1.807) is 0 Å². The van der Waals surface area contributed by atoms with Crippen molar-refractivity contribution in [3.05, 3.63) is 27.6 Å². The largest absolute Gasteiger partial charge is 0.341 e. The normalized spacial score (nSPS) is 10.8. The van der Waals surface area contributed by atoms with Crippen LogP contribution in [0.25, 0.3) is 11.0 Å². The van der Waals surface area contributed by atoms with Crippen LogP contribution in [0.2, 0.25) is 0 Å². The van der Waals surface area contributed by atoms with Crippen LogP contribution in [0.5, 0.6) is 0 Å². The monoisotopic (exact) mass is 292 g/mol. The number of hydrogen-bond donors (Lipinski definition) is 1. The Labute approximate surface area is 88.5 Å². The molecule has 0 aliphatic heterocycles. The van der Waals surface area contributed by atoms with E-state index in [0.717, 1.165) is 20.4 Å². The first kappa shape index (κ1) is 8.31. The number of alkyl halides is 1. The number of hydrogen-bond acceptors (Lipinski definition) is 1. The molecule has 0 aliphatic carbocycles. The summed E-state index contributed by atoms with van der Waals surface area (Å²) in [5.41, 5.74) is 2.06. The van der Waals surface area contributed by atoms with E-state index in [-0.39, 0.29) is 0 Å². The molecule has 0 radical (unpaired) electrons. The summed E-state index contributed by atoms with van der Waals surface area (Å²) in [5, 5.41) is 0. The highest BCUT2D eigenvalue weighted by Gasteiger charge is 2.03. The van der Waals surface area contributed by atoms with Crippen molar-refractivity contribution >= 4 is 45.2 Å². The van der Waals surface area contributed by atoms with Gasteiger partial charge in [-0.15, -0.1) is 11.6 Å². The lowest BCUT2D eigenvalue weighted by atomic mass is 10.3. The minimum absolute atomic E-state index is 0.435. The second kappa shape index (κ2) is 3.22. The van der Waals surface area contributed by atoms with E-state index >= 15 is 0 Å². The van der Waals surface area contributed by atoms with Crippen molar-refractivity contribution < 1.29 is 0 Å². The molecule has 1 aromatic heterocycles. The van der Waals surface area contributed by atoms with Gasteiger partial charge in [-0.1, -0.05) is 6.07 Å². The minimum Gasteiger partial charge on any atom is -0.341 e. The van der Waals surface area contributed by atoms with Crippen molar-refractivity contribution in [1.82, 2.24) is 9.97 Å². The summed E-state index contributed by atoms with van der Waals surface area (Å²) in [5.74, 6) is 1.26. The molecule has 1 heterocycles. The maximum Gasteiger partial charge on any atom is 0.122 e. The molecule has 62 valence electrons. The number of fused-ring (bicyclic) bond motifs is 1. The number of H-pyrrole nitrogens is 1. The van der Waals surface area contributed by atoms with Gasteiger partial charge in [-0.2, -0.15) is 0 Å². The molecule has 0 saturated carbocycles. The molecule has 1 aromatic carbocycles. The zero-order chi connectivity index (χ0) is 8.55. The maximum absolute atomic E-state index is 5.65. The summed E-state index contributed by atoms with van der Waals surface area (Å²) in [6, 6.07) is 6.03. The van der Waals surface area contributed by atoms with Crippen LogP contribution in [0.3, 0.4) is 0 Å². The Kier molecular flexibility index (Phi) is 2.23. The fourth-order valence-electron chi connectivity index (χ4n) is 1.11. The number of rotatable bonds is 1. The molecular formula is C8H6ClIN2. The molecule has 2 nitrogen and oxygen atoms in total. The lowest BCUT2D eigenvalue weighted by Gasteiger charge is -1.88. The van der Waals surface area contributed by atoms with Crippen LogP contribution in [0.4, 0.5) is 0 Å². The molecule has 0 aliphatic rings. The number of benzene rings is 1. The molecule has 2 aromatic rings. The molecular weight excluding hydrogens is 286 g/mol. The molecule has 0 atom stereocenters. The summed E-state index contributed by atoms with van der Waals surface area (Å²) in [4.78, 5) is 7.47. The fourth-order valence-corrected chi connectivity index (χ4v) is 1.86. The molecule has 0 fully saturated rings. The average Bonchev–Trinajstić information content (AvgIpc) is 2.49. The van der Waals surface area contributed by atoms with Crippen molar-refractivity contribution in [2.75, 3.05) is 0 Å². The molecule has 0 amide bonds. The van der Waals surface area contributed by atoms with Gasteiger partial charge in [0.2, 0.25) is 0 Å². The summed E-state index contributed by atoms with van der Waals surface area (Å²) < 4.78 is 1.15. The number of nitrogens with one attached hydrogen (secondary N) is 1. The van der Waals surface area contributed by atoms with Gasteiger partial charge in [0.1, 0.15) is 11.3 Å². The van der Waals surface area contributed by atoms with Crippen molar-refractivity contribution in [2.24, 2.45) is 0 Å². The van der Waals surface area contributed by atoms with E-state index in [1.165, 1.54) is 0 Å². The molecule has 4 heteroatoms. The van der Waals surface area contributed by atoms with Gasteiger partial charge in [-0.25, -0.2) is 4.98 Å². The fraction of sp³-hybridized carbons (Fsp3) is 0.125. The molecule has 0 spiro atoms. The molecule has 0 unspecified atom stereocenters. The van der Waals surface area contributed by atoms with Gasteiger partial charge in [0.15, 0.2) is 0 Å². The first-order chi connectivity index (χ1) is 5.81. The van der Waals surface area contributed by atoms with E-state index in [1.807, 2.05) is 18.2 Å². The van der Waals surface area contributed by atoms with Crippen LogP contribution >= 0.6 is 34.2 Å². The highest BCUT2D eigenvalue weighted by molar-refractivity contribution is 14.1. The Hall–Kier alpha value is -0.290. The maximum atomic E-state index is 5.65. The first-order valence-corrected chi connectivity index (χ1v) is 5.11. The molecule has 0 saturated heterocycles. The van der Waals surface area contributed by atoms with Crippen molar-refractivity contribution in [1.29, 1.82) is 0 Å². The van der Waals surface area contributed by atoms with Crippen LogP contribution in [-0.4, -0.2) is 9.97 Å². The molecule has 0 bridgehead atoms. The van der Waals surface area contributed by atoms with Crippen LogP contribution < -0.4 is 0 Å². The Morgan fingerprint density at radius 2 is 2.33 bits per heavy atom. The van der Waals surface area contributed by atoms with Crippen LogP contribution in [-0.2, 0) is 5.88 Å². The number of aromatic amines is 1. The Balaban J connectivity index is 2.74. The topological polar surface area (TPSA) is 28.7 Å². The average molecular weight is 293 g/mol. The number of imidazole rings is 1. The summed E-state index contributed by atoms with van der Waals surface area (Å²) in [6.45, 7) is 0. The third kappa shape index (κ3) is 1.31. The smallest absolute Gasteiger partial charge is 0.122 e. The second-order valence-electron chi connectivity index (χ2n) is 2.45. The predicted molar refractivity (Wildman–Crippen MR) is 58.4 cm³/mol. The lowest BCUT2D eigenvalue weighted by molar-refractivity contribution is 1.13. The molecule has 12 heavy (non-hydrogen) atoms. The van der Waals surface area contributed by atoms with E-state index in [0.29, 0.717) is 5.88 Å². The number of aromatic nitrogens is 2. The third-order valence-electron chi connectivity index (χ3n) is 1.64. The van der Waals surface area contributed by atoms with E-state index < -0.39 is 0 Å². The zero-order valence-electron chi connectivity index (χ0n) is 6.14. The molecule has 1 N–H and O–H groups in total. The highest BCUT2D eigenvalue weighted by Crippen LogP contribution is 2.18. The van der Waals surface area contributed by atoms with E-state index in [9.17, 15) is 0 Å². The Bertz CT molecular complexity index is 410. The standard InChI is InChI=1S/C8H6ClIN2/c9-4-7-11-6-3-1-2-5(10)8(6)12-7/h1-3H,4H2,(H,11,12). The van der Waals surface area contributed by atoms with Gasteiger partial charge in [0, 0.05) is 3.57 Å². The van der Waals surface area contributed by atoms with Crippen molar-refractivity contribution in [3.63, 3.8) is 0 Å². The number of halogens is 2. The quantitative estimate of drug-likeness (QED) is 0.635. The van der Waals surface area contributed by atoms with Crippen LogP contribution in [0.15, 0.2) is 18.2 Å². The Morgan fingerprint density at radius 1 is 1.50 bits per heavy atom. The van der Waals surface area contributed by atoms with E-state index in [4.69, 9.17) is 11.6 Å². The van der Waals surface area contributed by atoms with E-state index in [2.05, 4.69) is 32.6 Å². The predicted octanol–water partition coefficient (Wildman–Crippen LogP) is 2.91. The summed E-state index contributed by atoms with van der Waals surface area (Å²) in [7, 11) is 0. The summed E-state index contributed by atoms with van der Waals surface area (Å²) >= 11 is 7.92. The molecule has 2 rings (SSSR count). The highest BCUT2D eigenvalue weighted by atomic mass is 127. The lowest BCUT2D eigenvalue weighted by Crippen LogP contribution is -1.77. The van der Waals surface area contributed by atoms with Gasteiger partial charge in [-0.05, 0) is 34.7 Å². The van der Waals surface area contributed by atoms with Gasteiger partial charge < -0.3 is 4.98 Å². The summed E-state index contributed by atoms with van der Waals surface area (Å²) in [6.07, 6.45) is 0. The van der Waals surface area contributed by atoms with Gasteiger partial charge in [0.25, 0.3) is 0 Å². The number of nitrogens with zero attached hydrogens (tertiary/aromatic N) is 1. The van der Waals surface area contributed by atoms with Gasteiger partial charge in [-0.3, -0.25) is 0 Å². The third-order valence-corrected chi connectivity index (χ3v) is 2.76. The minimum atomic E-state index is 0.435. The van der Waals surface area contributed by atoms with Crippen LogP contribution in [0.1, 0.15) is 5.82 Å².